The fourth-order valence-electron chi connectivity index (χ4n) is 9.96. The Morgan fingerprint density at radius 2 is 1.41 bits per heavy atom. The zero-order valence-electron chi connectivity index (χ0n) is 35.2. The van der Waals surface area contributed by atoms with Crippen LogP contribution in [0.4, 0.5) is 5.69 Å². The number of rotatable bonds is 7. The molecule has 4 heteroatoms. The third-order valence-electron chi connectivity index (χ3n) is 13.1. The van der Waals surface area contributed by atoms with E-state index in [-0.39, 0.29) is 11.3 Å². The van der Waals surface area contributed by atoms with E-state index >= 15 is 0 Å². The molecule has 0 radical (unpaired) electrons. The lowest BCUT2D eigenvalue weighted by molar-refractivity contribution is 0.520. The third kappa shape index (κ3) is 7.06. The Bertz CT molecular complexity index is 2980. The first-order valence-corrected chi connectivity index (χ1v) is 21.6. The van der Waals surface area contributed by atoms with Gasteiger partial charge in [-0.1, -0.05) is 179 Å². The predicted molar refractivity (Wildman–Crippen MR) is 258 cm³/mol. The smallest absolute Gasteiger partial charge is 0.205 e. The highest BCUT2D eigenvalue weighted by atomic mass is 15.2. The molecule has 6 aromatic rings. The van der Waals surface area contributed by atoms with Crippen LogP contribution in [0.3, 0.4) is 0 Å². The van der Waals surface area contributed by atoms with E-state index in [0.29, 0.717) is 29.9 Å². The summed E-state index contributed by atoms with van der Waals surface area (Å²) in [5, 5.41) is 3.53. The molecule has 5 aromatic carbocycles. The van der Waals surface area contributed by atoms with Gasteiger partial charge in [-0.2, -0.15) is 0 Å². The fourth-order valence-corrected chi connectivity index (χ4v) is 9.96. The van der Waals surface area contributed by atoms with E-state index in [0.717, 1.165) is 39.6 Å². The molecule has 5 unspecified atom stereocenters. The molecule has 2 heterocycles. The second-order valence-corrected chi connectivity index (χ2v) is 17.8. The van der Waals surface area contributed by atoms with Crippen molar-refractivity contribution in [1.82, 2.24) is 4.57 Å². The average Bonchev–Trinajstić information content (AvgIpc) is 3.81. The topological polar surface area (TPSA) is 46.5 Å². The highest BCUT2D eigenvalue weighted by Crippen LogP contribution is 2.46. The molecule has 300 valence electrons. The van der Waals surface area contributed by atoms with Gasteiger partial charge in [0.1, 0.15) is 0 Å². The van der Waals surface area contributed by atoms with Gasteiger partial charge in [0.15, 0.2) is 0 Å². The Balaban J connectivity index is 1.01. The molecular formula is C57H52N4. The second kappa shape index (κ2) is 15.6. The average molecular weight is 793 g/mol. The molecule has 61 heavy (non-hydrogen) atoms. The van der Waals surface area contributed by atoms with Crippen molar-refractivity contribution < 1.29 is 0 Å². The predicted octanol–water partition coefficient (Wildman–Crippen LogP) is 11.4. The number of allylic oxidation sites excluding steroid dienone is 6. The molecule has 0 spiro atoms. The molecule has 0 bridgehead atoms. The Morgan fingerprint density at radius 3 is 2.18 bits per heavy atom. The zero-order valence-corrected chi connectivity index (χ0v) is 35.2. The molecule has 1 aromatic heterocycles. The zero-order chi connectivity index (χ0) is 41.7. The Kier molecular flexibility index (Phi) is 9.80. The lowest BCUT2D eigenvalue weighted by atomic mass is 9.78. The summed E-state index contributed by atoms with van der Waals surface area (Å²) in [5.74, 6) is 1.50. The van der Waals surface area contributed by atoms with Crippen LogP contribution in [-0.4, -0.2) is 22.6 Å². The van der Waals surface area contributed by atoms with Gasteiger partial charge in [0.25, 0.3) is 0 Å². The Hall–Kier alpha value is -6.91. The maximum Gasteiger partial charge on any atom is 0.205 e. The van der Waals surface area contributed by atoms with Crippen molar-refractivity contribution in [3.8, 4) is 22.3 Å². The second-order valence-electron chi connectivity index (χ2n) is 17.8. The van der Waals surface area contributed by atoms with Crippen molar-refractivity contribution in [2.75, 3.05) is 4.90 Å². The summed E-state index contributed by atoms with van der Waals surface area (Å²) in [6.45, 7) is 11.0. The Morgan fingerprint density at radius 1 is 0.721 bits per heavy atom. The van der Waals surface area contributed by atoms with E-state index < -0.39 is 0 Å². The van der Waals surface area contributed by atoms with E-state index in [2.05, 4.69) is 219 Å². The van der Waals surface area contributed by atoms with Crippen LogP contribution in [0.5, 0.6) is 0 Å². The number of aromatic nitrogens is 1. The maximum atomic E-state index is 7.05. The van der Waals surface area contributed by atoms with Crippen molar-refractivity contribution in [2.45, 2.75) is 44.7 Å². The first-order chi connectivity index (χ1) is 29.7. The highest BCUT2D eigenvalue weighted by molar-refractivity contribution is 5.96. The summed E-state index contributed by atoms with van der Waals surface area (Å²) in [6.07, 6.45) is 26.2. The largest absolute Gasteiger partial charge is 0.369 e. The molecule has 3 aliphatic carbocycles. The lowest BCUT2D eigenvalue weighted by Crippen LogP contribution is -2.39. The van der Waals surface area contributed by atoms with Gasteiger partial charge in [-0.3, -0.25) is 4.57 Å². The number of aliphatic imine (C=N–C) groups is 1. The first-order valence-electron chi connectivity index (χ1n) is 21.6. The number of nitrogens with zero attached hydrogens (tertiary/aromatic N) is 3. The maximum absolute atomic E-state index is 7.05. The van der Waals surface area contributed by atoms with Crippen LogP contribution in [0.25, 0.3) is 50.9 Å². The van der Waals surface area contributed by atoms with Crippen LogP contribution >= 0.6 is 0 Å². The quantitative estimate of drug-likeness (QED) is 0.0994. The number of para-hydroxylation sites is 1. The molecule has 10 rings (SSSR count). The monoisotopic (exact) mass is 792 g/mol. The van der Waals surface area contributed by atoms with Crippen molar-refractivity contribution in [3.63, 3.8) is 0 Å². The minimum Gasteiger partial charge on any atom is -0.369 e. The van der Waals surface area contributed by atoms with Gasteiger partial charge >= 0.3 is 0 Å². The van der Waals surface area contributed by atoms with Crippen LogP contribution < -0.4 is 21.2 Å². The highest BCUT2D eigenvalue weighted by Gasteiger charge is 2.46. The van der Waals surface area contributed by atoms with Gasteiger partial charge in [0.05, 0.1) is 22.9 Å². The van der Waals surface area contributed by atoms with Gasteiger partial charge in [-0.25, -0.2) is 4.99 Å². The van der Waals surface area contributed by atoms with Crippen LogP contribution in [0.1, 0.15) is 38.3 Å². The van der Waals surface area contributed by atoms with Crippen molar-refractivity contribution in [1.29, 1.82) is 0 Å². The first kappa shape index (κ1) is 38.3. The molecule has 4 nitrogen and oxygen atoms in total. The van der Waals surface area contributed by atoms with Crippen LogP contribution in [0.2, 0.25) is 0 Å². The number of nitrogens with two attached hydrogens (primary N) is 1. The van der Waals surface area contributed by atoms with Gasteiger partial charge in [-0.05, 0) is 92.8 Å². The molecule has 1 fully saturated rings. The van der Waals surface area contributed by atoms with Gasteiger partial charge in [0, 0.05) is 40.2 Å². The van der Waals surface area contributed by atoms with Crippen LogP contribution in [-0.2, 0) is 5.41 Å². The minimum absolute atomic E-state index is 0.00512. The molecule has 0 saturated carbocycles. The number of hydrogen-bond donors (Lipinski definition) is 1. The minimum atomic E-state index is -0.00512. The number of anilines is 1. The van der Waals surface area contributed by atoms with E-state index in [1.807, 2.05) is 12.3 Å². The summed E-state index contributed by atoms with van der Waals surface area (Å²) in [4.78, 5) is 7.58. The SMILES string of the molecule is C=C/C(=C\N=C(/N)n1c2c(c3cc(C(C)(C)C)ccc31)=CC(C1=CC3C4C=CC=CC4N(c4ccccc4)C3C=C1)CC=2)c1cccc(-c2cccc(-c3ccccc3)c2)c1. The molecule has 0 amide bonds. The van der Waals surface area contributed by atoms with Crippen molar-refractivity contribution >= 4 is 40.3 Å². The normalized spacial score (nSPS) is 21.9. The van der Waals surface area contributed by atoms with E-state index in [9.17, 15) is 0 Å². The van der Waals surface area contributed by atoms with Crippen LogP contribution in [0.15, 0.2) is 199 Å². The Labute approximate surface area is 359 Å². The van der Waals surface area contributed by atoms with Gasteiger partial charge < -0.3 is 10.6 Å². The molecule has 1 aliphatic heterocycles. The summed E-state index contributed by atoms with van der Waals surface area (Å²) in [5.41, 5.74) is 18.7. The fraction of sp³-hybridized carbons (Fsp3) is 0.175. The molecule has 5 atom stereocenters. The third-order valence-corrected chi connectivity index (χ3v) is 13.1. The van der Waals surface area contributed by atoms with Crippen LogP contribution in [0, 0.1) is 17.8 Å². The van der Waals surface area contributed by atoms with E-state index in [1.54, 1.807) is 0 Å². The molecule has 1 saturated heterocycles. The number of hydrogen-bond acceptors (Lipinski definition) is 2. The van der Waals surface area contributed by atoms with E-state index in [4.69, 9.17) is 10.7 Å². The van der Waals surface area contributed by atoms with Gasteiger partial charge in [0.2, 0.25) is 5.96 Å². The molecular weight excluding hydrogens is 741 g/mol. The summed E-state index contributed by atoms with van der Waals surface area (Å²) >= 11 is 0. The molecule has 2 N–H and O–H groups in total. The lowest BCUT2D eigenvalue weighted by Gasteiger charge is -2.32. The van der Waals surface area contributed by atoms with E-state index in [1.165, 1.54) is 38.6 Å². The number of fused-ring (bicyclic) bond motifs is 6. The van der Waals surface area contributed by atoms with Crippen molar-refractivity contribution in [3.05, 3.63) is 216 Å². The van der Waals surface area contributed by atoms with Gasteiger partial charge in [-0.15, -0.1) is 0 Å². The summed E-state index contributed by atoms with van der Waals surface area (Å²) < 4.78 is 2.14. The number of benzene rings is 5. The standard InChI is InChI=1S/C57H52N4/c1-5-38(40-18-14-20-42(32-40)43-21-15-19-41(33-43)39-16-8-6-9-17-39)37-59-56(58)61-54-30-27-45(35-50(54)51-36-46(57(2,3)4)28-31-55(51)61)44-26-29-53-49(34-44)48-24-12-13-25-52(48)60(53)47-22-10-7-11-23-47/h5-26,28-37,45,48-49,52-53H,1,27H2,2-4H3,(H2,58,59)/b38-37+. The summed E-state index contributed by atoms with van der Waals surface area (Å²) in [6, 6.07) is 46.1. The van der Waals surface area contributed by atoms with Crippen molar-refractivity contribution in [2.24, 2.45) is 28.5 Å². The summed E-state index contributed by atoms with van der Waals surface area (Å²) in [7, 11) is 0. The molecule has 4 aliphatic rings.